The maximum atomic E-state index is 11.6. The largest absolute Gasteiger partial charge is 0.398 e. The van der Waals surface area contributed by atoms with Crippen LogP contribution in [0.2, 0.25) is 0 Å². The highest BCUT2D eigenvalue weighted by Crippen LogP contribution is 1.95. The van der Waals surface area contributed by atoms with Crippen LogP contribution in [0.5, 0.6) is 0 Å². The maximum absolute atomic E-state index is 11.6. The normalized spacial score (nSPS) is 10.4. The van der Waals surface area contributed by atoms with Crippen LogP contribution in [-0.4, -0.2) is 41.9 Å². The molecule has 0 bridgehead atoms. The molecule has 0 aliphatic rings. The third-order valence-corrected chi connectivity index (χ3v) is 2.34. The molecule has 0 unspecified atom stereocenters. The van der Waals surface area contributed by atoms with Crippen LogP contribution in [0.1, 0.15) is 6.42 Å². The van der Waals surface area contributed by atoms with Gasteiger partial charge in [0.25, 0.3) is 5.56 Å². The molecule has 1 aromatic heterocycles. The van der Waals surface area contributed by atoms with Crippen molar-refractivity contribution in [3.8, 4) is 0 Å². The van der Waals surface area contributed by atoms with Gasteiger partial charge in [-0.25, -0.2) is 0 Å². The van der Waals surface area contributed by atoms with E-state index in [0.29, 0.717) is 31.9 Å². The van der Waals surface area contributed by atoms with Gasteiger partial charge in [0.05, 0.1) is 13.2 Å². The number of nitrogens with one attached hydrogen (secondary N) is 1. The fourth-order valence-corrected chi connectivity index (χ4v) is 1.45. The van der Waals surface area contributed by atoms with E-state index in [9.17, 15) is 9.59 Å². The van der Waals surface area contributed by atoms with Crippen LogP contribution in [0.3, 0.4) is 0 Å². The number of rotatable bonds is 8. The van der Waals surface area contributed by atoms with Crippen molar-refractivity contribution in [1.82, 2.24) is 9.88 Å². The molecule has 0 atom stereocenters. The lowest BCUT2D eigenvalue weighted by molar-refractivity contribution is -0.121. The number of carbonyl (C=O) groups excluding carboxylic acids is 1. The first kappa shape index (κ1) is 15.2. The standard InChI is InChI=1S/C12H19N3O4/c13-10-2-3-12(18)15(8-10)9-11(17)14-4-1-6-19-7-5-16/h2-3,8,16H,1,4-7,9,13H2,(H,14,17). The van der Waals surface area contributed by atoms with Gasteiger partial charge >= 0.3 is 0 Å². The van der Waals surface area contributed by atoms with Gasteiger partial charge in [0.2, 0.25) is 5.91 Å². The van der Waals surface area contributed by atoms with E-state index in [1.54, 1.807) is 0 Å². The Morgan fingerprint density at radius 2 is 2.21 bits per heavy atom. The number of anilines is 1. The molecule has 0 aliphatic heterocycles. The van der Waals surface area contributed by atoms with Crippen molar-refractivity contribution in [2.45, 2.75) is 13.0 Å². The molecule has 1 aromatic rings. The highest BCUT2D eigenvalue weighted by Gasteiger charge is 2.04. The SMILES string of the molecule is Nc1ccc(=O)n(CC(=O)NCCCOCCO)c1. The van der Waals surface area contributed by atoms with Crippen molar-refractivity contribution in [2.24, 2.45) is 0 Å². The van der Waals surface area contributed by atoms with Crippen LogP contribution < -0.4 is 16.6 Å². The van der Waals surface area contributed by atoms with Gasteiger partial charge in [0.1, 0.15) is 6.54 Å². The minimum absolute atomic E-state index is 0.00922. The van der Waals surface area contributed by atoms with Crippen molar-refractivity contribution >= 4 is 11.6 Å². The number of aliphatic hydroxyl groups is 1. The summed E-state index contributed by atoms with van der Waals surface area (Å²) in [6.07, 6.45) is 2.09. The summed E-state index contributed by atoms with van der Waals surface area (Å²) in [5.41, 5.74) is 5.71. The number of nitrogens with zero attached hydrogens (tertiary/aromatic N) is 1. The Bertz CT molecular complexity index is 459. The first-order valence-corrected chi connectivity index (χ1v) is 6.05. The van der Waals surface area contributed by atoms with Crippen LogP contribution in [0.15, 0.2) is 23.1 Å². The van der Waals surface area contributed by atoms with E-state index >= 15 is 0 Å². The summed E-state index contributed by atoms with van der Waals surface area (Å²) < 4.78 is 6.30. The number of nitrogens with two attached hydrogens (primary N) is 1. The smallest absolute Gasteiger partial charge is 0.251 e. The summed E-state index contributed by atoms with van der Waals surface area (Å²) in [5.74, 6) is -0.255. The summed E-state index contributed by atoms with van der Waals surface area (Å²) in [4.78, 5) is 23.0. The predicted octanol–water partition coefficient (Wildman–Crippen LogP) is -1.05. The molecule has 7 nitrogen and oxygen atoms in total. The van der Waals surface area contributed by atoms with Gasteiger partial charge in [-0.3, -0.25) is 9.59 Å². The number of nitrogen functional groups attached to an aromatic ring is 1. The fraction of sp³-hybridized carbons (Fsp3) is 0.500. The molecular weight excluding hydrogens is 250 g/mol. The third kappa shape index (κ3) is 6.03. The van der Waals surface area contributed by atoms with Crippen LogP contribution in [-0.2, 0) is 16.1 Å². The molecule has 0 fully saturated rings. The Morgan fingerprint density at radius 3 is 2.95 bits per heavy atom. The number of carbonyl (C=O) groups is 1. The number of pyridine rings is 1. The minimum Gasteiger partial charge on any atom is -0.398 e. The van der Waals surface area contributed by atoms with Crippen LogP contribution in [0, 0.1) is 0 Å². The Hall–Kier alpha value is -1.86. The van der Waals surface area contributed by atoms with Gasteiger partial charge in [0, 0.05) is 31.1 Å². The number of amides is 1. The zero-order chi connectivity index (χ0) is 14.1. The zero-order valence-corrected chi connectivity index (χ0v) is 10.7. The van der Waals surface area contributed by atoms with Gasteiger partial charge in [-0.15, -0.1) is 0 Å². The number of aliphatic hydroxyl groups excluding tert-OH is 1. The van der Waals surface area contributed by atoms with Crippen LogP contribution in [0.25, 0.3) is 0 Å². The van der Waals surface area contributed by atoms with E-state index in [4.69, 9.17) is 15.6 Å². The molecule has 0 saturated heterocycles. The second-order valence-corrected chi connectivity index (χ2v) is 3.97. The first-order valence-electron chi connectivity index (χ1n) is 6.05. The molecule has 7 heteroatoms. The number of ether oxygens (including phenoxy) is 1. The number of hydrogen-bond donors (Lipinski definition) is 3. The monoisotopic (exact) mass is 269 g/mol. The summed E-state index contributed by atoms with van der Waals surface area (Å²) in [5, 5.41) is 11.2. The highest BCUT2D eigenvalue weighted by molar-refractivity contribution is 5.75. The number of hydrogen-bond acceptors (Lipinski definition) is 5. The van der Waals surface area contributed by atoms with E-state index in [1.165, 1.54) is 22.9 Å². The average Bonchev–Trinajstić information content (AvgIpc) is 2.38. The van der Waals surface area contributed by atoms with Crippen molar-refractivity contribution in [1.29, 1.82) is 0 Å². The lowest BCUT2D eigenvalue weighted by Gasteiger charge is -2.08. The second-order valence-electron chi connectivity index (χ2n) is 3.97. The Kier molecular flexibility index (Phi) is 6.62. The molecule has 106 valence electrons. The molecule has 1 amide bonds. The van der Waals surface area contributed by atoms with Crippen molar-refractivity contribution in [3.05, 3.63) is 28.7 Å². The van der Waals surface area contributed by atoms with Crippen LogP contribution in [0.4, 0.5) is 5.69 Å². The maximum Gasteiger partial charge on any atom is 0.251 e. The van der Waals surface area contributed by atoms with E-state index < -0.39 is 0 Å². The van der Waals surface area contributed by atoms with Crippen molar-refractivity contribution < 1.29 is 14.6 Å². The molecule has 0 radical (unpaired) electrons. The van der Waals surface area contributed by atoms with Gasteiger partial charge in [-0.2, -0.15) is 0 Å². The van der Waals surface area contributed by atoms with Crippen LogP contribution >= 0.6 is 0 Å². The Balaban J connectivity index is 2.27. The molecule has 0 spiro atoms. The topological polar surface area (TPSA) is 107 Å². The summed E-state index contributed by atoms with van der Waals surface area (Å²) in [6.45, 7) is 1.17. The van der Waals surface area contributed by atoms with Gasteiger partial charge < -0.3 is 25.5 Å². The molecule has 0 saturated carbocycles. The third-order valence-electron chi connectivity index (χ3n) is 2.34. The molecule has 4 N–H and O–H groups in total. The lowest BCUT2D eigenvalue weighted by Crippen LogP contribution is -2.32. The van der Waals surface area contributed by atoms with E-state index in [2.05, 4.69) is 5.32 Å². The minimum atomic E-state index is -0.268. The average molecular weight is 269 g/mol. The Labute approximate surface area is 111 Å². The lowest BCUT2D eigenvalue weighted by atomic mass is 10.4. The molecule has 1 rings (SSSR count). The molecule has 1 heterocycles. The van der Waals surface area contributed by atoms with Crippen molar-refractivity contribution in [2.75, 3.05) is 32.1 Å². The van der Waals surface area contributed by atoms with E-state index in [0.717, 1.165) is 0 Å². The summed E-state index contributed by atoms with van der Waals surface area (Å²) in [7, 11) is 0. The quantitative estimate of drug-likeness (QED) is 0.522. The first-order chi connectivity index (χ1) is 9.13. The van der Waals surface area contributed by atoms with Gasteiger partial charge in [0.15, 0.2) is 0 Å². The fourth-order valence-electron chi connectivity index (χ4n) is 1.45. The summed E-state index contributed by atoms with van der Waals surface area (Å²) in [6, 6.07) is 2.82. The predicted molar refractivity (Wildman–Crippen MR) is 70.6 cm³/mol. The molecule has 19 heavy (non-hydrogen) atoms. The molecule has 0 aromatic carbocycles. The molecular formula is C12H19N3O4. The second kappa shape index (κ2) is 8.28. The van der Waals surface area contributed by atoms with Crippen molar-refractivity contribution in [3.63, 3.8) is 0 Å². The summed E-state index contributed by atoms with van der Waals surface area (Å²) >= 11 is 0. The molecule has 0 aliphatic carbocycles. The van der Waals surface area contributed by atoms with Gasteiger partial charge in [-0.1, -0.05) is 0 Å². The Morgan fingerprint density at radius 1 is 1.42 bits per heavy atom. The number of aromatic nitrogens is 1. The van der Waals surface area contributed by atoms with Gasteiger partial charge in [-0.05, 0) is 12.5 Å². The van der Waals surface area contributed by atoms with E-state index in [1.807, 2.05) is 0 Å². The highest BCUT2D eigenvalue weighted by atomic mass is 16.5. The zero-order valence-electron chi connectivity index (χ0n) is 10.7. The van der Waals surface area contributed by atoms with E-state index in [-0.39, 0.29) is 24.6 Å².